The number of hydrogen-bond donors (Lipinski definition) is 0. The third kappa shape index (κ3) is 4.64. The Balaban J connectivity index is 1.57. The lowest BCUT2D eigenvalue weighted by molar-refractivity contribution is 0.377. The van der Waals surface area contributed by atoms with Gasteiger partial charge in [0.1, 0.15) is 16.0 Å². The number of halogens is 1. The van der Waals surface area contributed by atoms with E-state index in [4.69, 9.17) is 9.47 Å². The van der Waals surface area contributed by atoms with Crippen LogP contribution in [0.25, 0.3) is 0 Å². The first kappa shape index (κ1) is 19.7. The molecule has 1 fully saturated rings. The van der Waals surface area contributed by atoms with Crippen LogP contribution in [-0.2, 0) is 13.5 Å². The summed E-state index contributed by atoms with van der Waals surface area (Å²) in [6, 6.07) is 6.07. The lowest BCUT2D eigenvalue weighted by atomic mass is 9.90. The number of benzene rings is 1. The zero-order chi connectivity index (χ0) is 19.4. The molecule has 0 N–H and O–H groups in total. The van der Waals surface area contributed by atoms with E-state index in [1.165, 1.54) is 10.2 Å². The molecule has 0 bridgehead atoms. The van der Waals surface area contributed by atoms with E-state index in [-0.39, 0.29) is 5.56 Å². The molecule has 1 saturated heterocycles. The maximum atomic E-state index is 12.1. The average molecular weight is 436 g/mol. The van der Waals surface area contributed by atoms with Crippen LogP contribution in [0.4, 0.5) is 5.69 Å². The van der Waals surface area contributed by atoms with Crippen molar-refractivity contribution in [3.8, 4) is 11.5 Å². The van der Waals surface area contributed by atoms with Crippen molar-refractivity contribution in [1.29, 1.82) is 0 Å². The molecular weight excluding hydrogens is 410 g/mol. The van der Waals surface area contributed by atoms with Gasteiger partial charge in [-0.2, -0.15) is 5.10 Å². The molecule has 0 unspecified atom stereocenters. The first-order valence-electron chi connectivity index (χ1n) is 9.20. The number of anilines is 1. The van der Waals surface area contributed by atoms with Gasteiger partial charge in [-0.05, 0) is 65.2 Å². The Bertz CT molecular complexity index is 823. The Hall–Kier alpha value is -2.02. The molecule has 0 spiro atoms. The summed E-state index contributed by atoms with van der Waals surface area (Å²) < 4.78 is 12.7. The van der Waals surface area contributed by atoms with Gasteiger partial charge in [0.05, 0.1) is 26.1 Å². The summed E-state index contributed by atoms with van der Waals surface area (Å²) in [5, 5.41) is 4.15. The summed E-state index contributed by atoms with van der Waals surface area (Å²) in [5.74, 6) is 2.35. The third-order valence-electron chi connectivity index (χ3n) is 5.27. The van der Waals surface area contributed by atoms with Crippen LogP contribution in [0.5, 0.6) is 11.5 Å². The van der Waals surface area contributed by atoms with Gasteiger partial charge in [0.2, 0.25) is 0 Å². The molecule has 2 aromatic rings. The highest BCUT2D eigenvalue weighted by Gasteiger charge is 2.22. The van der Waals surface area contributed by atoms with Gasteiger partial charge in [-0.25, -0.2) is 4.68 Å². The van der Waals surface area contributed by atoms with Crippen LogP contribution < -0.4 is 19.9 Å². The van der Waals surface area contributed by atoms with Crippen molar-refractivity contribution < 1.29 is 9.47 Å². The summed E-state index contributed by atoms with van der Waals surface area (Å²) in [7, 11) is 5.02. The summed E-state index contributed by atoms with van der Waals surface area (Å²) in [6.07, 6.45) is 6.15. The number of ether oxygens (including phenoxy) is 2. The Morgan fingerprint density at radius 2 is 1.78 bits per heavy atom. The van der Waals surface area contributed by atoms with Gasteiger partial charge in [-0.3, -0.25) is 4.79 Å². The molecule has 1 aliphatic heterocycles. The predicted octanol–water partition coefficient (Wildman–Crippen LogP) is 3.41. The molecule has 146 valence electrons. The van der Waals surface area contributed by atoms with Crippen LogP contribution >= 0.6 is 15.9 Å². The minimum absolute atomic E-state index is 0.0957. The van der Waals surface area contributed by atoms with Crippen LogP contribution in [-0.4, -0.2) is 37.1 Å². The molecule has 0 atom stereocenters. The number of hydrogen-bond acceptors (Lipinski definition) is 5. The molecule has 1 aromatic carbocycles. The van der Waals surface area contributed by atoms with E-state index in [0.29, 0.717) is 10.4 Å². The van der Waals surface area contributed by atoms with Crippen molar-refractivity contribution in [2.45, 2.75) is 25.7 Å². The van der Waals surface area contributed by atoms with Gasteiger partial charge in [0.15, 0.2) is 0 Å². The lowest BCUT2D eigenvalue weighted by Gasteiger charge is -2.34. The molecule has 27 heavy (non-hydrogen) atoms. The molecule has 1 aliphatic rings. The van der Waals surface area contributed by atoms with E-state index in [1.54, 1.807) is 27.5 Å². The van der Waals surface area contributed by atoms with Crippen LogP contribution in [0.1, 0.15) is 24.8 Å². The molecule has 0 aliphatic carbocycles. The van der Waals surface area contributed by atoms with Crippen LogP contribution in [0.3, 0.4) is 0 Å². The molecule has 3 rings (SSSR count). The summed E-state index contributed by atoms with van der Waals surface area (Å²) >= 11 is 3.43. The SMILES string of the molecule is COc1cc(CCC2CCN(c3cnn(C)c(=O)c3Br)CC2)cc(OC)c1. The normalized spacial score (nSPS) is 15.0. The topological polar surface area (TPSA) is 56.6 Å². The van der Waals surface area contributed by atoms with Crippen molar-refractivity contribution in [3.63, 3.8) is 0 Å². The largest absolute Gasteiger partial charge is 0.497 e. The zero-order valence-electron chi connectivity index (χ0n) is 16.1. The fourth-order valence-electron chi connectivity index (χ4n) is 3.57. The first-order valence-corrected chi connectivity index (χ1v) is 9.99. The minimum Gasteiger partial charge on any atom is -0.497 e. The van der Waals surface area contributed by atoms with Crippen molar-refractivity contribution in [2.75, 3.05) is 32.2 Å². The second kappa shape index (κ2) is 8.78. The predicted molar refractivity (Wildman–Crippen MR) is 110 cm³/mol. The molecule has 0 amide bonds. The number of nitrogens with zero attached hydrogens (tertiary/aromatic N) is 3. The summed E-state index contributed by atoms with van der Waals surface area (Å²) in [4.78, 5) is 14.3. The van der Waals surface area contributed by atoms with E-state index in [2.05, 4.69) is 38.1 Å². The highest BCUT2D eigenvalue weighted by molar-refractivity contribution is 9.10. The van der Waals surface area contributed by atoms with Crippen molar-refractivity contribution in [1.82, 2.24) is 9.78 Å². The van der Waals surface area contributed by atoms with Gasteiger partial charge < -0.3 is 14.4 Å². The van der Waals surface area contributed by atoms with Gasteiger partial charge in [0, 0.05) is 26.2 Å². The molecule has 7 heteroatoms. The fourth-order valence-corrected chi connectivity index (χ4v) is 4.18. The highest BCUT2D eigenvalue weighted by atomic mass is 79.9. The average Bonchev–Trinajstić information content (AvgIpc) is 2.71. The van der Waals surface area contributed by atoms with Gasteiger partial charge >= 0.3 is 0 Å². The number of piperidine rings is 1. The van der Waals surface area contributed by atoms with Crippen molar-refractivity contribution >= 4 is 21.6 Å². The molecule has 6 nitrogen and oxygen atoms in total. The fraction of sp³-hybridized carbons (Fsp3) is 0.500. The molecule has 2 heterocycles. The number of aromatic nitrogens is 2. The van der Waals surface area contributed by atoms with Gasteiger partial charge in [-0.1, -0.05) is 0 Å². The lowest BCUT2D eigenvalue weighted by Crippen LogP contribution is -2.35. The van der Waals surface area contributed by atoms with Crippen LogP contribution in [0, 0.1) is 5.92 Å². The second-order valence-corrected chi connectivity index (χ2v) is 7.76. The molecule has 0 radical (unpaired) electrons. The molecular formula is C20H26BrN3O3. The minimum atomic E-state index is -0.0957. The Kier molecular flexibility index (Phi) is 6.42. The quantitative estimate of drug-likeness (QED) is 0.695. The van der Waals surface area contributed by atoms with E-state index >= 15 is 0 Å². The smallest absolute Gasteiger partial charge is 0.282 e. The van der Waals surface area contributed by atoms with E-state index in [0.717, 1.165) is 56.0 Å². The van der Waals surface area contributed by atoms with E-state index in [9.17, 15) is 4.79 Å². The van der Waals surface area contributed by atoms with E-state index < -0.39 is 0 Å². The molecule has 0 saturated carbocycles. The van der Waals surface area contributed by atoms with Crippen LogP contribution in [0.2, 0.25) is 0 Å². The van der Waals surface area contributed by atoms with Crippen LogP contribution in [0.15, 0.2) is 33.7 Å². The van der Waals surface area contributed by atoms with Crippen molar-refractivity contribution in [2.24, 2.45) is 13.0 Å². The standard InChI is InChI=1S/C20H26BrN3O3/c1-23-20(25)19(21)18(13-22-23)24-8-6-14(7-9-24)4-5-15-10-16(26-2)12-17(11-15)27-3/h10-14H,4-9H2,1-3H3. The Labute approximate surface area is 168 Å². The summed E-state index contributed by atoms with van der Waals surface area (Å²) in [5.41, 5.74) is 2.04. The van der Waals surface area contributed by atoms with Gasteiger partial charge in [-0.15, -0.1) is 0 Å². The maximum absolute atomic E-state index is 12.1. The number of aryl methyl sites for hydroxylation is 2. The Morgan fingerprint density at radius 3 is 2.37 bits per heavy atom. The number of methoxy groups -OCH3 is 2. The molecule has 1 aromatic heterocycles. The number of rotatable bonds is 6. The monoisotopic (exact) mass is 435 g/mol. The third-order valence-corrected chi connectivity index (χ3v) is 6.01. The highest BCUT2D eigenvalue weighted by Crippen LogP contribution is 2.30. The van der Waals surface area contributed by atoms with Crippen molar-refractivity contribution in [3.05, 3.63) is 44.8 Å². The first-order chi connectivity index (χ1) is 13.0. The Morgan fingerprint density at radius 1 is 1.15 bits per heavy atom. The van der Waals surface area contributed by atoms with Gasteiger partial charge in [0.25, 0.3) is 5.56 Å². The maximum Gasteiger partial charge on any atom is 0.282 e. The second-order valence-electron chi connectivity index (χ2n) is 6.96. The summed E-state index contributed by atoms with van der Waals surface area (Å²) in [6.45, 7) is 1.89. The zero-order valence-corrected chi connectivity index (χ0v) is 17.7. The van der Waals surface area contributed by atoms with E-state index in [1.807, 2.05) is 6.07 Å².